The molecule has 1 aliphatic rings. The molecule has 1 unspecified atom stereocenters. The quantitative estimate of drug-likeness (QED) is 0.466. The van der Waals surface area contributed by atoms with E-state index in [0.29, 0.717) is 22.6 Å². The zero-order valence-electron chi connectivity index (χ0n) is 17.2. The summed E-state index contributed by atoms with van der Waals surface area (Å²) in [5, 5.41) is 2.90. The van der Waals surface area contributed by atoms with Crippen molar-refractivity contribution in [1.82, 2.24) is 14.9 Å². The van der Waals surface area contributed by atoms with Gasteiger partial charge in [-0.15, -0.1) is 0 Å². The highest BCUT2D eigenvalue weighted by atomic mass is 79.9. The van der Waals surface area contributed by atoms with E-state index in [1.54, 1.807) is 6.07 Å². The van der Waals surface area contributed by atoms with Crippen LogP contribution in [-0.2, 0) is 14.8 Å². The predicted molar refractivity (Wildman–Crippen MR) is 118 cm³/mol. The molecule has 2 rings (SSSR count). The Morgan fingerprint density at radius 1 is 1.28 bits per heavy atom. The Bertz CT molecular complexity index is 773. The number of unbranched alkanes of at least 4 members (excludes halogenated alkanes) is 1. The highest BCUT2D eigenvalue weighted by Gasteiger charge is 2.19. The Morgan fingerprint density at radius 3 is 2.79 bits per heavy atom. The predicted octanol–water partition coefficient (Wildman–Crippen LogP) is 2.76. The van der Waals surface area contributed by atoms with Crippen molar-refractivity contribution < 1.29 is 17.9 Å². The first-order valence-corrected chi connectivity index (χ1v) is 12.4. The molecule has 2 N–H and O–H groups in total. The first-order valence-electron chi connectivity index (χ1n) is 10.2. The summed E-state index contributed by atoms with van der Waals surface area (Å²) < 4.78 is 32.6. The van der Waals surface area contributed by atoms with Crippen LogP contribution in [0.2, 0.25) is 0 Å². The normalized spacial score (nSPS) is 18.0. The molecule has 9 heteroatoms. The molecule has 1 atom stereocenters. The SMILES string of the molecule is COCCNS(=O)(=O)c1ccc(Br)c(C(=O)NCCCCN2CCCCC2C)c1. The monoisotopic (exact) mass is 489 g/mol. The highest BCUT2D eigenvalue weighted by molar-refractivity contribution is 9.10. The lowest BCUT2D eigenvalue weighted by molar-refractivity contribution is 0.0950. The van der Waals surface area contributed by atoms with Crippen LogP contribution in [0.4, 0.5) is 0 Å². The van der Waals surface area contributed by atoms with Crippen LogP contribution in [0.25, 0.3) is 0 Å². The van der Waals surface area contributed by atoms with Crippen molar-refractivity contribution >= 4 is 31.9 Å². The number of nitrogens with one attached hydrogen (secondary N) is 2. The second-order valence-electron chi connectivity index (χ2n) is 7.38. The minimum absolute atomic E-state index is 0.0565. The first kappa shape index (κ1) is 24.3. The summed E-state index contributed by atoms with van der Waals surface area (Å²) in [5.74, 6) is -0.280. The summed E-state index contributed by atoms with van der Waals surface area (Å²) in [6.45, 7) is 5.52. The third-order valence-electron chi connectivity index (χ3n) is 5.19. The number of amides is 1. The molecule has 0 aromatic heterocycles. The van der Waals surface area contributed by atoms with Crippen molar-refractivity contribution in [2.45, 2.75) is 50.0 Å². The van der Waals surface area contributed by atoms with Gasteiger partial charge in [0.25, 0.3) is 5.91 Å². The minimum Gasteiger partial charge on any atom is -0.383 e. The molecule has 7 nitrogen and oxygen atoms in total. The van der Waals surface area contributed by atoms with Crippen molar-refractivity contribution in [2.24, 2.45) is 0 Å². The molecular formula is C20H32BrN3O4S. The molecule has 1 fully saturated rings. The summed E-state index contributed by atoms with van der Waals surface area (Å²) in [4.78, 5) is 15.1. The van der Waals surface area contributed by atoms with Crippen LogP contribution in [0, 0.1) is 0 Å². The van der Waals surface area contributed by atoms with E-state index < -0.39 is 10.0 Å². The van der Waals surface area contributed by atoms with E-state index >= 15 is 0 Å². The molecule has 29 heavy (non-hydrogen) atoms. The van der Waals surface area contributed by atoms with Crippen molar-refractivity contribution in [3.63, 3.8) is 0 Å². The summed E-state index contributed by atoms with van der Waals surface area (Å²) in [6.07, 6.45) is 5.78. The Morgan fingerprint density at radius 2 is 2.07 bits per heavy atom. The van der Waals surface area contributed by atoms with Crippen LogP contribution < -0.4 is 10.0 Å². The van der Waals surface area contributed by atoms with E-state index in [2.05, 4.69) is 37.8 Å². The van der Waals surface area contributed by atoms with Gasteiger partial charge in [-0.1, -0.05) is 6.42 Å². The summed E-state index contributed by atoms with van der Waals surface area (Å²) in [5.41, 5.74) is 0.310. The number of ether oxygens (including phenoxy) is 1. The van der Waals surface area contributed by atoms with Crippen LogP contribution in [0.15, 0.2) is 27.6 Å². The van der Waals surface area contributed by atoms with Gasteiger partial charge in [0.05, 0.1) is 17.1 Å². The molecule has 0 radical (unpaired) electrons. The van der Waals surface area contributed by atoms with Gasteiger partial charge in [0.2, 0.25) is 10.0 Å². The van der Waals surface area contributed by atoms with Gasteiger partial charge in [0, 0.05) is 30.7 Å². The van der Waals surface area contributed by atoms with Crippen LogP contribution in [0.5, 0.6) is 0 Å². The number of hydrogen-bond donors (Lipinski definition) is 2. The lowest BCUT2D eigenvalue weighted by Gasteiger charge is -2.33. The third-order valence-corrected chi connectivity index (χ3v) is 7.34. The summed E-state index contributed by atoms with van der Waals surface area (Å²) in [7, 11) is -2.19. The standard InChI is InChI=1S/C20H32BrN3O4S/c1-16-7-3-5-12-24(16)13-6-4-10-22-20(25)18-15-17(8-9-19(18)21)29(26,27)23-11-14-28-2/h8-9,15-16,23H,3-7,10-14H2,1-2H3,(H,22,25). The van der Waals surface area contributed by atoms with Gasteiger partial charge in [-0.25, -0.2) is 13.1 Å². The van der Waals surface area contributed by atoms with Gasteiger partial charge >= 0.3 is 0 Å². The number of methoxy groups -OCH3 is 1. The van der Waals surface area contributed by atoms with E-state index in [1.807, 2.05) is 0 Å². The van der Waals surface area contributed by atoms with Crippen LogP contribution >= 0.6 is 15.9 Å². The zero-order valence-corrected chi connectivity index (χ0v) is 19.6. The average molecular weight is 490 g/mol. The highest BCUT2D eigenvalue weighted by Crippen LogP contribution is 2.21. The molecule has 0 saturated carbocycles. The van der Waals surface area contributed by atoms with E-state index in [1.165, 1.54) is 45.0 Å². The first-order chi connectivity index (χ1) is 13.8. The summed E-state index contributed by atoms with van der Waals surface area (Å²) >= 11 is 3.34. The number of halogens is 1. The molecule has 1 saturated heterocycles. The fourth-order valence-corrected chi connectivity index (χ4v) is 4.90. The molecule has 1 aromatic carbocycles. The van der Waals surface area contributed by atoms with Crippen LogP contribution in [0.1, 0.15) is 49.4 Å². The molecule has 164 valence electrons. The maximum Gasteiger partial charge on any atom is 0.252 e. The van der Waals surface area contributed by atoms with Crippen molar-refractivity contribution in [3.05, 3.63) is 28.2 Å². The number of piperidine rings is 1. The Kier molecular flexibility index (Phi) is 10.0. The molecule has 0 bridgehead atoms. The fraction of sp³-hybridized carbons (Fsp3) is 0.650. The second kappa shape index (κ2) is 12.0. The van der Waals surface area contributed by atoms with Gasteiger partial charge in [-0.2, -0.15) is 0 Å². The van der Waals surface area contributed by atoms with Crippen molar-refractivity contribution in [3.8, 4) is 0 Å². The Labute approximate surface area is 182 Å². The van der Waals surface area contributed by atoms with Crippen LogP contribution in [-0.4, -0.2) is 65.2 Å². The number of benzene rings is 1. The molecule has 0 aliphatic carbocycles. The molecule has 0 spiro atoms. The Hall–Kier alpha value is -1.00. The minimum atomic E-state index is -3.69. The van der Waals surface area contributed by atoms with Gasteiger partial charge in [-0.3, -0.25) is 4.79 Å². The second-order valence-corrected chi connectivity index (χ2v) is 10.00. The average Bonchev–Trinajstić information content (AvgIpc) is 2.69. The summed E-state index contributed by atoms with van der Waals surface area (Å²) in [6, 6.07) is 5.09. The maximum absolute atomic E-state index is 12.5. The lowest BCUT2D eigenvalue weighted by Crippen LogP contribution is -2.38. The smallest absolute Gasteiger partial charge is 0.252 e. The molecule has 1 heterocycles. The number of carbonyl (C=O) groups is 1. The van der Waals surface area contributed by atoms with E-state index in [0.717, 1.165) is 19.4 Å². The third kappa shape index (κ3) is 7.64. The van der Waals surface area contributed by atoms with Gasteiger partial charge in [-0.05, 0) is 79.8 Å². The van der Waals surface area contributed by atoms with E-state index in [4.69, 9.17) is 4.74 Å². The largest absolute Gasteiger partial charge is 0.383 e. The molecule has 1 aromatic rings. The molecule has 1 amide bonds. The number of nitrogens with zero attached hydrogens (tertiary/aromatic N) is 1. The zero-order chi connectivity index (χ0) is 21.3. The fourth-order valence-electron chi connectivity index (χ4n) is 3.43. The van der Waals surface area contributed by atoms with Crippen molar-refractivity contribution in [2.75, 3.05) is 39.9 Å². The Balaban J connectivity index is 1.85. The number of hydrogen-bond acceptors (Lipinski definition) is 5. The van der Waals surface area contributed by atoms with E-state index in [9.17, 15) is 13.2 Å². The number of rotatable bonds is 11. The van der Waals surface area contributed by atoms with Crippen molar-refractivity contribution in [1.29, 1.82) is 0 Å². The van der Waals surface area contributed by atoms with Gasteiger partial charge < -0.3 is 15.0 Å². The molecule has 1 aliphatic heterocycles. The van der Waals surface area contributed by atoms with Gasteiger partial charge in [0.1, 0.15) is 0 Å². The topological polar surface area (TPSA) is 87.7 Å². The number of sulfonamides is 1. The lowest BCUT2D eigenvalue weighted by atomic mass is 10.0. The number of likely N-dealkylation sites (tertiary alicyclic amines) is 1. The van der Waals surface area contributed by atoms with Gasteiger partial charge in [0.15, 0.2) is 0 Å². The number of carbonyl (C=O) groups excluding carboxylic acids is 1. The molecular weight excluding hydrogens is 458 g/mol. The van der Waals surface area contributed by atoms with E-state index in [-0.39, 0.29) is 24.0 Å². The maximum atomic E-state index is 12.5. The van der Waals surface area contributed by atoms with Crippen LogP contribution in [0.3, 0.4) is 0 Å².